The van der Waals surface area contributed by atoms with Crippen LogP contribution in [-0.4, -0.2) is 53.9 Å². The molecule has 0 bridgehead atoms. The van der Waals surface area contributed by atoms with Gasteiger partial charge in [0.1, 0.15) is 34.5 Å². The van der Waals surface area contributed by atoms with Gasteiger partial charge in [0.2, 0.25) is 0 Å². The second kappa shape index (κ2) is 14.0. The van der Waals surface area contributed by atoms with E-state index in [0.717, 1.165) is 11.1 Å². The van der Waals surface area contributed by atoms with Gasteiger partial charge in [0.25, 0.3) is 0 Å². The summed E-state index contributed by atoms with van der Waals surface area (Å²) in [6.45, 7) is 1.32. The first kappa shape index (κ1) is 29.1. The molecule has 8 nitrogen and oxygen atoms in total. The highest BCUT2D eigenvalue weighted by Crippen LogP contribution is 2.52. The van der Waals surface area contributed by atoms with Crippen molar-refractivity contribution in [1.29, 1.82) is 0 Å². The lowest BCUT2D eigenvalue weighted by Crippen LogP contribution is -2.44. The molecule has 8 heteroatoms. The van der Waals surface area contributed by atoms with E-state index >= 15 is 0 Å². The Bertz CT molecular complexity index is 1330. The number of hydrogen-bond acceptors (Lipinski definition) is 8. The van der Waals surface area contributed by atoms with Crippen LogP contribution < -0.4 is 28.4 Å². The summed E-state index contributed by atoms with van der Waals surface area (Å²) in [5, 5.41) is 0. The molecule has 0 aromatic heterocycles. The molecule has 1 aliphatic heterocycles. The smallest absolute Gasteiger partial charge is 0.161 e. The Hall–Kier alpha value is -4.40. The molecule has 0 unspecified atom stereocenters. The van der Waals surface area contributed by atoms with E-state index in [1.54, 1.807) is 40.6 Å². The number of hydrogen-bond donors (Lipinski definition) is 0. The van der Waals surface area contributed by atoms with E-state index in [9.17, 15) is 0 Å². The fraction of sp³-hybridized carbons (Fsp3) is 0.294. The maximum absolute atomic E-state index is 6.71. The highest BCUT2D eigenvalue weighted by Gasteiger charge is 2.34. The Kier molecular flexibility index (Phi) is 9.69. The van der Waals surface area contributed by atoms with Gasteiger partial charge >= 0.3 is 0 Å². The summed E-state index contributed by atoms with van der Waals surface area (Å²) in [6, 6.07) is 27.3. The summed E-state index contributed by atoms with van der Waals surface area (Å²) in [5.41, 5.74) is 3.46. The zero-order valence-electron chi connectivity index (χ0n) is 24.3. The lowest BCUT2D eigenvalue weighted by Gasteiger charge is -2.33. The molecule has 0 radical (unpaired) electrons. The topological polar surface area (TPSA) is 73.8 Å². The molecular weight excluding hydrogens is 536 g/mol. The van der Waals surface area contributed by atoms with Crippen molar-refractivity contribution in [2.75, 3.05) is 41.7 Å². The Morgan fingerprint density at radius 3 is 1.29 bits per heavy atom. The van der Waals surface area contributed by atoms with Crippen LogP contribution in [0.25, 0.3) is 11.1 Å². The van der Waals surface area contributed by atoms with Crippen molar-refractivity contribution in [3.63, 3.8) is 0 Å². The monoisotopic (exact) mass is 572 g/mol. The van der Waals surface area contributed by atoms with E-state index in [1.165, 1.54) is 0 Å². The van der Waals surface area contributed by atoms with Gasteiger partial charge in [-0.2, -0.15) is 0 Å². The molecule has 42 heavy (non-hydrogen) atoms. The normalized spacial score (nSPS) is 15.6. The van der Waals surface area contributed by atoms with E-state index in [-0.39, 0.29) is 13.2 Å². The van der Waals surface area contributed by atoms with Gasteiger partial charge in [0.15, 0.2) is 12.2 Å². The van der Waals surface area contributed by atoms with Gasteiger partial charge in [0.05, 0.1) is 66.0 Å². The molecule has 0 N–H and O–H groups in total. The van der Waals surface area contributed by atoms with Crippen molar-refractivity contribution in [3.8, 4) is 45.6 Å². The van der Waals surface area contributed by atoms with Gasteiger partial charge in [-0.05, 0) is 11.1 Å². The van der Waals surface area contributed by atoms with E-state index in [1.807, 2.05) is 72.8 Å². The fourth-order valence-electron chi connectivity index (χ4n) is 4.86. The summed E-state index contributed by atoms with van der Waals surface area (Å²) < 4.78 is 48.6. The van der Waals surface area contributed by atoms with E-state index < -0.39 is 12.2 Å². The summed E-state index contributed by atoms with van der Waals surface area (Å²) in [4.78, 5) is 0. The van der Waals surface area contributed by atoms with E-state index in [4.69, 9.17) is 37.9 Å². The first-order valence-corrected chi connectivity index (χ1v) is 13.7. The molecule has 0 fully saturated rings. The van der Waals surface area contributed by atoms with E-state index in [2.05, 4.69) is 0 Å². The highest BCUT2D eigenvalue weighted by atomic mass is 16.6. The molecule has 5 rings (SSSR count). The molecule has 0 saturated heterocycles. The predicted octanol–water partition coefficient (Wildman–Crippen LogP) is 6.33. The maximum atomic E-state index is 6.71. The lowest BCUT2D eigenvalue weighted by atomic mass is 9.99. The SMILES string of the molecule is COc1cc(OC)c2c(c1)O[C@H](COCc1ccccc1)[C@@H](COCc1ccccc1)Oc1cc(OC)cc(OC)c1-2. The molecule has 0 amide bonds. The summed E-state index contributed by atoms with van der Waals surface area (Å²) >= 11 is 0. The van der Waals surface area contributed by atoms with Crippen LogP contribution in [0.2, 0.25) is 0 Å². The van der Waals surface area contributed by atoms with Crippen molar-refractivity contribution < 1.29 is 37.9 Å². The Morgan fingerprint density at radius 1 is 0.524 bits per heavy atom. The molecule has 0 aliphatic carbocycles. The molecule has 0 saturated carbocycles. The standard InChI is InChI=1S/C34H36O8/c1-35-25-15-27(37-3)33-29(17-25)41-31(21-39-19-23-11-7-5-8-12-23)32(22-40-20-24-13-9-6-10-14-24)42-30-18-26(36-2)16-28(38-4)34(30)33/h5-18,31-32H,19-22H2,1-4H3/t31-,32-/m1/s1. The molecule has 4 aromatic rings. The van der Waals surface area contributed by atoms with Crippen LogP contribution in [-0.2, 0) is 22.7 Å². The average molecular weight is 573 g/mol. The highest BCUT2D eigenvalue weighted by molar-refractivity contribution is 5.87. The number of ether oxygens (including phenoxy) is 8. The van der Waals surface area contributed by atoms with Crippen LogP contribution >= 0.6 is 0 Å². The third kappa shape index (κ3) is 6.73. The minimum absolute atomic E-state index is 0.240. The minimum atomic E-state index is -0.551. The van der Waals surface area contributed by atoms with Gasteiger partial charge in [-0.15, -0.1) is 0 Å². The first-order valence-electron chi connectivity index (χ1n) is 13.7. The Balaban J connectivity index is 1.55. The number of benzene rings is 4. The van der Waals surface area contributed by atoms with Crippen molar-refractivity contribution in [1.82, 2.24) is 0 Å². The van der Waals surface area contributed by atoms with Gasteiger partial charge in [0, 0.05) is 24.3 Å². The Labute approximate surface area is 246 Å². The molecule has 2 atom stereocenters. The predicted molar refractivity (Wildman–Crippen MR) is 159 cm³/mol. The van der Waals surface area contributed by atoms with Crippen LogP contribution in [0.15, 0.2) is 84.9 Å². The van der Waals surface area contributed by atoms with Crippen LogP contribution in [0, 0.1) is 0 Å². The zero-order valence-corrected chi connectivity index (χ0v) is 24.3. The molecule has 1 aliphatic rings. The van der Waals surface area contributed by atoms with E-state index in [0.29, 0.717) is 58.8 Å². The quantitative estimate of drug-likeness (QED) is 0.195. The van der Waals surface area contributed by atoms with Crippen molar-refractivity contribution in [2.24, 2.45) is 0 Å². The van der Waals surface area contributed by atoms with Gasteiger partial charge in [-0.1, -0.05) is 60.7 Å². The molecule has 4 aromatic carbocycles. The zero-order chi connectivity index (χ0) is 29.3. The lowest BCUT2D eigenvalue weighted by molar-refractivity contribution is -0.0554. The summed E-state index contributed by atoms with van der Waals surface area (Å²) in [7, 11) is 6.41. The molecular formula is C34H36O8. The first-order chi connectivity index (χ1) is 20.6. The molecule has 1 heterocycles. The van der Waals surface area contributed by atoms with Gasteiger partial charge in [-0.25, -0.2) is 0 Å². The van der Waals surface area contributed by atoms with Crippen molar-refractivity contribution in [2.45, 2.75) is 25.4 Å². The second-order valence-electron chi connectivity index (χ2n) is 9.72. The average Bonchev–Trinajstić information content (AvgIpc) is 3.03. The Morgan fingerprint density at radius 2 is 0.929 bits per heavy atom. The van der Waals surface area contributed by atoms with Crippen LogP contribution in [0.3, 0.4) is 0 Å². The summed E-state index contributed by atoms with van der Waals surface area (Å²) in [5.74, 6) is 3.34. The largest absolute Gasteiger partial charge is 0.496 e. The fourth-order valence-corrected chi connectivity index (χ4v) is 4.86. The van der Waals surface area contributed by atoms with Gasteiger partial charge < -0.3 is 37.9 Å². The third-order valence-electron chi connectivity index (χ3n) is 7.00. The molecule has 0 spiro atoms. The summed E-state index contributed by atoms with van der Waals surface area (Å²) in [6.07, 6.45) is -1.10. The number of fused-ring (bicyclic) bond motifs is 3. The third-order valence-corrected chi connectivity index (χ3v) is 7.00. The molecule has 220 valence electrons. The number of rotatable bonds is 12. The van der Waals surface area contributed by atoms with Crippen molar-refractivity contribution in [3.05, 3.63) is 96.1 Å². The van der Waals surface area contributed by atoms with Crippen LogP contribution in [0.4, 0.5) is 0 Å². The van der Waals surface area contributed by atoms with Gasteiger partial charge in [-0.3, -0.25) is 0 Å². The number of methoxy groups -OCH3 is 4. The minimum Gasteiger partial charge on any atom is -0.496 e. The van der Waals surface area contributed by atoms with Crippen LogP contribution in [0.5, 0.6) is 34.5 Å². The van der Waals surface area contributed by atoms with Crippen molar-refractivity contribution >= 4 is 0 Å². The van der Waals surface area contributed by atoms with Crippen LogP contribution in [0.1, 0.15) is 11.1 Å². The maximum Gasteiger partial charge on any atom is 0.161 e. The second-order valence-corrected chi connectivity index (χ2v) is 9.72.